The fraction of sp³-hybridized carbons (Fsp3) is 0.222. The molecule has 1 atom stereocenters. The van der Waals surface area contributed by atoms with Gasteiger partial charge in [0.2, 0.25) is 0 Å². The van der Waals surface area contributed by atoms with Crippen molar-refractivity contribution in [3.8, 4) is 0 Å². The maximum absolute atomic E-state index is 10.8. The first-order chi connectivity index (χ1) is 6.72. The topological polar surface area (TPSA) is 81.6 Å². The Hall–Kier alpha value is -1.59. The quantitative estimate of drug-likeness (QED) is 0.521. The molecule has 0 fully saturated rings. The third-order valence-electron chi connectivity index (χ3n) is 2.33. The summed E-state index contributed by atoms with van der Waals surface area (Å²) in [6.07, 6.45) is 0. The zero-order chi connectivity index (χ0) is 10.1. The third-order valence-corrected chi connectivity index (χ3v) is 2.33. The summed E-state index contributed by atoms with van der Waals surface area (Å²) in [6.45, 7) is 0.554. The van der Waals surface area contributed by atoms with Crippen molar-refractivity contribution in [3.05, 3.63) is 29.3 Å². The fourth-order valence-electron chi connectivity index (χ4n) is 1.64. The zero-order valence-electron chi connectivity index (χ0n) is 7.32. The number of fused-ring (bicyclic) bond motifs is 1. The first-order valence-corrected chi connectivity index (χ1v) is 4.21. The smallest absolute Gasteiger partial charge is 0.325 e. The molecule has 5 heteroatoms. The Balaban J connectivity index is 2.41. The first-order valence-electron chi connectivity index (χ1n) is 4.21. The van der Waals surface area contributed by atoms with E-state index in [2.05, 4.69) is 5.32 Å². The molecule has 0 aliphatic carbocycles. The maximum Gasteiger partial charge on any atom is 0.325 e. The number of carboxylic acids is 1. The highest BCUT2D eigenvalue weighted by Gasteiger charge is 2.27. The Morgan fingerprint density at radius 1 is 1.57 bits per heavy atom. The summed E-state index contributed by atoms with van der Waals surface area (Å²) in [5, 5.41) is 20.4. The molecule has 0 aromatic heterocycles. The van der Waals surface area contributed by atoms with Gasteiger partial charge in [-0.25, -0.2) is 0 Å². The van der Waals surface area contributed by atoms with Crippen LogP contribution < -0.4 is 10.8 Å². The molecule has 0 bridgehead atoms. The number of carbonyl (C=O) groups is 1. The molecule has 0 radical (unpaired) electrons. The van der Waals surface area contributed by atoms with E-state index in [9.17, 15) is 4.79 Å². The normalized spacial score (nSPS) is 19.1. The van der Waals surface area contributed by atoms with E-state index >= 15 is 0 Å². The van der Waals surface area contributed by atoms with Crippen LogP contribution >= 0.6 is 0 Å². The van der Waals surface area contributed by atoms with Crippen molar-refractivity contribution < 1.29 is 15.1 Å². The fourth-order valence-corrected chi connectivity index (χ4v) is 1.64. The van der Waals surface area contributed by atoms with Crippen LogP contribution in [0.25, 0.3) is 0 Å². The second-order valence-electron chi connectivity index (χ2n) is 3.18. The van der Waals surface area contributed by atoms with E-state index < -0.39 is 12.0 Å². The lowest BCUT2D eigenvalue weighted by atomic mass is 10.0. The number of anilines is 1. The van der Waals surface area contributed by atoms with Crippen molar-refractivity contribution in [1.82, 2.24) is 5.32 Å². The summed E-state index contributed by atoms with van der Waals surface area (Å²) in [7, 11) is 0. The number of rotatable bonds is 2. The molecule has 0 saturated carbocycles. The summed E-state index contributed by atoms with van der Waals surface area (Å²) in [5.74, 6) is -0.904. The van der Waals surface area contributed by atoms with Crippen molar-refractivity contribution >= 4 is 11.7 Å². The minimum Gasteiger partial charge on any atom is -0.480 e. The van der Waals surface area contributed by atoms with E-state index in [1.807, 2.05) is 5.48 Å². The van der Waals surface area contributed by atoms with E-state index in [0.717, 1.165) is 5.56 Å². The molecule has 0 amide bonds. The molecular weight excluding hydrogens is 184 g/mol. The highest BCUT2D eigenvalue weighted by molar-refractivity contribution is 5.77. The molecule has 0 saturated heterocycles. The third kappa shape index (κ3) is 1.32. The van der Waals surface area contributed by atoms with Gasteiger partial charge in [-0.1, -0.05) is 6.07 Å². The van der Waals surface area contributed by atoms with Gasteiger partial charge in [0.1, 0.15) is 6.04 Å². The van der Waals surface area contributed by atoms with Crippen molar-refractivity contribution in [2.75, 3.05) is 5.48 Å². The largest absolute Gasteiger partial charge is 0.480 e. The van der Waals surface area contributed by atoms with Crippen LogP contribution in [0.3, 0.4) is 0 Å². The second-order valence-corrected chi connectivity index (χ2v) is 3.18. The van der Waals surface area contributed by atoms with Crippen LogP contribution in [0.1, 0.15) is 17.2 Å². The van der Waals surface area contributed by atoms with Gasteiger partial charge in [0, 0.05) is 6.54 Å². The van der Waals surface area contributed by atoms with Crippen molar-refractivity contribution in [3.63, 3.8) is 0 Å². The standard InChI is InChI=1S/C9H10N2O3/c12-9(13)8-7-3-6(11-14)2-1-5(7)4-10-8/h1-3,8,10-11,14H,4H2,(H,12,13)/t8-/m0/s1. The van der Waals surface area contributed by atoms with E-state index in [0.29, 0.717) is 17.8 Å². The highest BCUT2D eigenvalue weighted by Crippen LogP contribution is 2.27. The number of aliphatic carboxylic acids is 1. The molecule has 1 aromatic carbocycles. The van der Waals surface area contributed by atoms with Gasteiger partial charge in [0.05, 0.1) is 5.69 Å². The van der Waals surface area contributed by atoms with E-state index in [4.69, 9.17) is 10.3 Å². The van der Waals surface area contributed by atoms with Crippen LogP contribution in [0.5, 0.6) is 0 Å². The predicted octanol–water partition coefficient (Wildman–Crippen LogP) is 0.717. The van der Waals surface area contributed by atoms with Crippen molar-refractivity contribution in [2.24, 2.45) is 0 Å². The second kappa shape index (κ2) is 3.28. The summed E-state index contributed by atoms with van der Waals surface area (Å²) >= 11 is 0. The van der Waals surface area contributed by atoms with Gasteiger partial charge < -0.3 is 5.11 Å². The van der Waals surface area contributed by atoms with Crippen LogP contribution in [-0.4, -0.2) is 16.3 Å². The highest BCUT2D eigenvalue weighted by atomic mass is 16.5. The molecule has 1 aromatic rings. The molecule has 5 nitrogen and oxygen atoms in total. The summed E-state index contributed by atoms with van der Waals surface area (Å²) in [5.41, 5.74) is 4.15. The molecule has 1 aliphatic heterocycles. The zero-order valence-corrected chi connectivity index (χ0v) is 7.32. The molecule has 0 spiro atoms. The van der Waals surface area contributed by atoms with Crippen molar-refractivity contribution in [2.45, 2.75) is 12.6 Å². The molecule has 0 unspecified atom stereocenters. The van der Waals surface area contributed by atoms with Gasteiger partial charge >= 0.3 is 5.97 Å². The lowest BCUT2D eigenvalue weighted by Crippen LogP contribution is -2.21. The number of nitrogens with one attached hydrogen (secondary N) is 2. The van der Waals surface area contributed by atoms with Gasteiger partial charge in [0.25, 0.3) is 0 Å². The van der Waals surface area contributed by atoms with E-state index in [1.54, 1.807) is 18.2 Å². The first kappa shape index (κ1) is 8.98. The lowest BCUT2D eigenvalue weighted by molar-refractivity contribution is -0.139. The van der Waals surface area contributed by atoms with E-state index in [-0.39, 0.29) is 0 Å². The minimum absolute atomic E-state index is 0.499. The number of benzene rings is 1. The minimum atomic E-state index is -0.904. The summed E-state index contributed by atoms with van der Waals surface area (Å²) in [4.78, 5) is 10.8. The molecule has 14 heavy (non-hydrogen) atoms. The molecular formula is C9H10N2O3. The lowest BCUT2D eigenvalue weighted by Gasteiger charge is -2.07. The Morgan fingerprint density at radius 2 is 2.36 bits per heavy atom. The monoisotopic (exact) mass is 194 g/mol. The van der Waals surface area contributed by atoms with Gasteiger partial charge in [-0.05, 0) is 23.3 Å². The van der Waals surface area contributed by atoms with Crippen LogP contribution in [0.15, 0.2) is 18.2 Å². The molecule has 1 aliphatic rings. The molecule has 1 heterocycles. The van der Waals surface area contributed by atoms with Crippen LogP contribution in [-0.2, 0) is 11.3 Å². The van der Waals surface area contributed by atoms with Gasteiger partial charge in [0.15, 0.2) is 0 Å². The van der Waals surface area contributed by atoms with Gasteiger partial charge in [-0.15, -0.1) is 0 Å². The van der Waals surface area contributed by atoms with Gasteiger partial charge in [-0.3, -0.25) is 20.8 Å². The SMILES string of the molecule is O=C(O)[C@H]1NCc2ccc(NO)cc21. The van der Waals surface area contributed by atoms with Crippen LogP contribution in [0.2, 0.25) is 0 Å². The Morgan fingerprint density at radius 3 is 3.00 bits per heavy atom. The Kier molecular flexibility index (Phi) is 2.11. The number of hydrogen-bond donors (Lipinski definition) is 4. The van der Waals surface area contributed by atoms with Crippen LogP contribution in [0.4, 0.5) is 5.69 Å². The maximum atomic E-state index is 10.8. The van der Waals surface area contributed by atoms with Crippen molar-refractivity contribution in [1.29, 1.82) is 0 Å². The number of carboxylic acid groups (broad SMARTS) is 1. The molecule has 4 N–H and O–H groups in total. The summed E-state index contributed by atoms with van der Waals surface area (Å²) < 4.78 is 0. The van der Waals surface area contributed by atoms with E-state index in [1.165, 1.54) is 0 Å². The Bertz CT molecular complexity index is 378. The van der Waals surface area contributed by atoms with Crippen LogP contribution in [0, 0.1) is 0 Å². The predicted molar refractivity (Wildman–Crippen MR) is 49.1 cm³/mol. The van der Waals surface area contributed by atoms with Gasteiger partial charge in [-0.2, -0.15) is 0 Å². The average molecular weight is 194 g/mol. The Labute approximate surface area is 80.3 Å². The molecule has 2 rings (SSSR count). The summed E-state index contributed by atoms with van der Waals surface area (Å²) in [6, 6.07) is 4.46. The number of hydrogen-bond acceptors (Lipinski definition) is 4. The molecule has 74 valence electrons. The average Bonchev–Trinajstić information content (AvgIpc) is 2.59.